The standard InChI is InChI=1S/C18H14OS/c1-3-8-15(9-4-1)19-16-10-7-13-18(14-16)20-17-11-5-2-6-12-17/h1-14H. The molecule has 3 aromatic carbocycles. The molecule has 0 aliphatic carbocycles. The molecule has 0 unspecified atom stereocenters. The van der Waals surface area contributed by atoms with Gasteiger partial charge in [-0.2, -0.15) is 0 Å². The molecule has 98 valence electrons. The van der Waals surface area contributed by atoms with Crippen molar-refractivity contribution < 1.29 is 4.74 Å². The minimum absolute atomic E-state index is 0.856. The average Bonchev–Trinajstić information content (AvgIpc) is 2.50. The van der Waals surface area contributed by atoms with E-state index in [-0.39, 0.29) is 0 Å². The molecule has 0 atom stereocenters. The fourth-order valence-corrected chi connectivity index (χ4v) is 2.74. The zero-order chi connectivity index (χ0) is 13.6. The lowest BCUT2D eigenvalue weighted by molar-refractivity contribution is 0.481. The van der Waals surface area contributed by atoms with Gasteiger partial charge in [-0.25, -0.2) is 0 Å². The van der Waals surface area contributed by atoms with E-state index in [1.165, 1.54) is 9.79 Å². The van der Waals surface area contributed by atoms with Gasteiger partial charge >= 0.3 is 0 Å². The fraction of sp³-hybridized carbons (Fsp3) is 0. The molecule has 0 saturated carbocycles. The molecule has 0 aromatic heterocycles. The Bertz CT molecular complexity index is 609. The van der Waals surface area contributed by atoms with Gasteiger partial charge in [0.05, 0.1) is 0 Å². The SMILES string of the molecule is c1ccc(Oc2cccc(Sc3ccccc3)c2)cc1. The van der Waals surface area contributed by atoms with Crippen LogP contribution in [0.5, 0.6) is 11.5 Å². The van der Waals surface area contributed by atoms with Crippen LogP contribution in [0, 0.1) is 0 Å². The fourth-order valence-electron chi connectivity index (χ4n) is 1.85. The summed E-state index contributed by atoms with van der Waals surface area (Å²) in [5, 5.41) is 0. The highest BCUT2D eigenvalue weighted by Gasteiger charge is 2.00. The van der Waals surface area contributed by atoms with Crippen LogP contribution in [0.25, 0.3) is 0 Å². The Hall–Kier alpha value is -2.19. The second-order valence-electron chi connectivity index (χ2n) is 4.31. The normalized spacial score (nSPS) is 10.2. The van der Waals surface area contributed by atoms with Gasteiger partial charge in [-0.15, -0.1) is 0 Å². The molecule has 0 aliphatic rings. The third kappa shape index (κ3) is 3.43. The topological polar surface area (TPSA) is 9.23 Å². The predicted octanol–water partition coefficient (Wildman–Crippen LogP) is 5.63. The highest BCUT2D eigenvalue weighted by molar-refractivity contribution is 7.99. The molecule has 2 heteroatoms. The van der Waals surface area contributed by atoms with Crippen LogP contribution >= 0.6 is 11.8 Å². The van der Waals surface area contributed by atoms with E-state index < -0.39 is 0 Å². The first kappa shape index (κ1) is 12.8. The van der Waals surface area contributed by atoms with E-state index in [2.05, 4.69) is 24.3 Å². The Labute approximate surface area is 123 Å². The first-order chi connectivity index (χ1) is 9.90. The lowest BCUT2D eigenvalue weighted by atomic mass is 10.3. The Morgan fingerprint density at radius 1 is 0.550 bits per heavy atom. The van der Waals surface area contributed by atoms with Crippen molar-refractivity contribution in [1.29, 1.82) is 0 Å². The van der Waals surface area contributed by atoms with Gasteiger partial charge in [0.25, 0.3) is 0 Å². The lowest BCUT2D eigenvalue weighted by Crippen LogP contribution is -1.83. The van der Waals surface area contributed by atoms with Gasteiger partial charge in [0, 0.05) is 9.79 Å². The molecular formula is C18H14OS. The molecule has 0 spiro atoms. The molecule has 3 rings (SSSR count). The Kier molecular flexibility index (Phi) is 4.04. The first-order valence-corrected chi connectivity index (χ1v) is 7.28. The summed E-state index contributed by atoms with van der Waals surface area (Å²) in [6.07, 6.45) is 0. The van der Waals surface area contributed by atoms with Crippen LogP contribution in [0.1, 0.15) is 0 Å². The first-order valence-electron chi connectivity index (χ1n) is 6.46. The van der Waals surface area contributed by atoms with E-state index in [9.17, 15) is 0 Å². The molecule has 0 radical (unpaired) electrons. The molecule has 0 heterocycles. The van der Waals surface area contributed by atoms with E-state index in [0.717, 1.165) is 11.5 Å². The van der Waals surface area contributed by atoms with Crippen molar-refractivity contribution in [2.45, 2.75) is 9.79 Å². The number of rotatable bonds is 4. The third-order valence-corrected chi connectivity index (χ3v) is 3.76. The predicted molar refractivity (Wildman–Crippen MR) is 83.5 cm³/mol. The summed E-state index contributed by atoms with van der Waals surface area (Å²) >= 11 is 1.73. The maximum Gasteiger partial charge on any atom is 0.128 e. The molecule has 0 saturated heterocycles. The van der Waals surface area contributed by atoms with Gasteiger partial charge in [-0.3, -0.25) is 0 Å². The molecule has 0 bridgehead atoms. The summed E-state index contributed by atoms with van der Waals surface area (Å²) in [6, 6.07) is 28.3. The van der Waals surface area contributed by atoms with Gasteiger partial charge in [0.15, 0.2) is 0 Å². The third-order valence-electron chi connectivity index (χ3n) is 2.76. The largest absolute Gasteiger partial charge is 0.457 e. The molecular weight excluding hydrogens is 264 g/mol. The minimum atomic E-state index is 0.856. The van der Waals surface area contributed by atoms with Crippen LogP contribution in [-0.2, 0) is 0 Å². The van der Waals surface area contributed by atoms with Gasteiger partial charge in [-0.05, 0) is 42.5 Å². The highest BCUT2D eigenvalue weighted by Crippen LogP contribution is 2.31. The second-order valence-corrected chi connectivity index (χ2v) is 5.45. The van der Waals surface area contributed by atoms with Crippen molar-refractivity contribution in [3.8, 4) is 11.5 Å². The van der Waals surface area contributed by atoms with Crippen LogP contribution in [0.3, 0.4) is 0 Å². The monoisotopic (exact) mass is 278 g/mol. The van der Waals surface area contributed by atoms with Crippen LogP contribution < -0.4 is 4.74 Å². The number of ether oxygens (including phenoxy) is 1. The van der Waals surface area contributed by atoms with Crippen molar-refractivity contribution in [1.82, 2.24) is 0 Å². The molecule has 20 heavy (non-hydrogen) atoms. The maximum atomic E-state index is 5.84. The van der Waals surface area contributed by atoms with E-state index in [1.54, 1.807) is 11.8 Å². The van der Waals surface area contributed by atoms with Crippen LogP contribution in [0.2, 0.25) is 0 Å². The van der Waals surface area contributed by atoms with Crippen molar-refractivity contribution >= 4 is 11.8 Å². The highest BCUT2D eigenvalue weighted by atomic mass is 32.2. The summed E-state index contributed by atoms with van der Waals surface area (Å²) in [5.41, 5.74) is 0. The number of benzene rings is 3. The summed E-state index contributed by atoms with van der Waals surface area (Å²) in [5.74, 6) is 1.71. The summed E-state index contributed by atoms with van der Waals surface area (Å²) in [4.78, 5) is 2.40. The molecule has 3 aromatic rings. The van der Waals surface area contributed by atoms with Gasteiger partial charge in [0.1, 0.15) is 11.5 Å². The molecule has 0 amide bonds. The summed E-state index contributed by atoms with van der Waals surface area (Å²) < 4.78 is 5.84. The average molecular weight is 278 g/mol. The van der Waals surface area contributed by atoms with E-state index in [1.807, 2.05) is 60.7 Å². The summed E-state index contributed by atoms with van der Waals surface area (Å²) in [6.45, 7) is 0. The van der Waals surface area contributed by atoms with Gasteiger partial charge in [-0.1, -0.05) is 54.2 Å². The van der Waals surface area contributed by atoms with Crippen LogP contribution in [-0.4, -0.2) is 0 Å². The number of para-hydroxylation sites is 1. The molecule has 0 fully saturated rings. The molecule has 0 aliphatic heterocycles. The maximum absolute atomic E-state index is 5.84. The van der Waals surface area contributed by atoms with E-state index in [4.69, 9.17) is 4.74 Å². The van der Waals surface area contributed by atoms with Gasteiger partial charge < -0.3 is 4.74 Å². The van der Waals surface area contributed by atoms with Crippen LogP contribution in [0.4, 0.5) is 0 Å². The Morgan fingerprint density at radius 3 is 1.90 bits per heavy atom. The van der Waals surface area contributed by atoms with Crippen molar-refractivity contribution in [2.75, 3.05) is 0 Å². The quantitative estimate of drug-likeness (QED) is 0.611. The van der Waals surface area contributed by atoms with Gasteiger partial charge in [0.2, 0.25) is 0 Å². The zero-order valence-electron chi connectivity index (χ0n) is 10.9. The molecule has 1 nitrogen and oxygen atoms in total. The second kappa shape index (κ2) is 6.31. The van der Waals surface area contributed by atoms with Crippen molar-refractivity contribution in [2.24, 2.45) is 0 Å². The molecule has 0 N–H and O–H groups in total. The Morgan fingerprint density at radius 2 is 1.15 bits per heavy atom. The smallest absolute Gasteiger partial charge is 0.128 e. The zero-order valence-corrected chi connectivity index (χ0v) is 11.7. The summed E-state index contributed by atoms with van der Waals surface area (Å²) in [7, 11) is 0. The minimum Gasteiger partial charge on any atom is -0.457 e. The lowest BCUT2D eigenvalue weighted by Gasteiger charge is -2.07. The Balaban J connectivity index is 1.76. The van der Waals surface area contributed by atoms with Crippen molar-refractivity contribution in [3.63, 3.8) is 0 Å². The van der Waals surface area contributed by atoms with E-state index >= 15 is 0 Å². The number of hydrogen-bond acceptors (Lipinski definition) is 2. The number of hydrogen-bond donors (Lipinski definition) is 0. The van der Waals surface area contributed by atoms with E-state index in [0.29, 0.717) is 0 Å². The van der Waals surface area contributed by atoms with Crippen molar-refractivity contribution in [3.05, 3.63) is 84.9 Å². The van der Waals surface area contributed by atoms with Crippen LogP contribution in [0.15, 0.2) is 94.7 Å².